The molecular weight excluding hydrogens is 256 g/mol. The van der Waals surface area contributed by atoms with Gasteiger partial charge in [-0.3, -0.25) is 9.59 Å². The maximum atomic E-state index is 12.1. The van der Waals surface area contributed by atoms with Crippen molar-refractivity contribution in [2.75, 3.05) is 25.0 Å². The van der Waals surface area contributed by atoms with E-state index in [-0.39, 0.29) is 12.5 Å². The van der Waals surface area contributed by atoms with Gasteiger partial charge >= 0.3 is 11.8 Å². The van der Waals surface area contributed by atoms with Crippen LogP contribution in [0.25, 0.3) is 0 Å². The smallest absolute Gasteiger partial charge is 0.313 e. The average Bonchev–Trinajstić information content (AvgIpc) is 2.46. The normalized spacial score (nSPS) is 18.7. The van der Waals surface area contributed by atoms with Gasteiger partial charge < -0.3 is 15.3 Å². The fourth-order valence-electron chi connectivity index (χ4n) is 2.45. The molecule has 108 valence electrons. The number of nitrogens with zero attached hydrogens (tertiary/aromatic N) is 1. The van der Waals surface area contributed by atoms with Gasteiger partial charge in [0.25, 0.3) is 0 Å². The second-order valence-corrected chi connectivity index (χ2v) is 5.27. The maximum absolute atomic E-state index is 12.1. The minimum absolute atomic E-state index is 0.0588. The van der Waals surface area contributed by atoms with Gasteiger partial charge in [0.15, 0.2) is 0 Å². The van der Waals surface area contributed by atoms with Gasteiger partial charge in [-0.1, -0.05) is 12.1 Å². The van der Waals surface area contributed by atoms with Crippen molar-refractivity contribution in [1.82, 2.24) is 4.90 Å². The highest BCUT2D eigenvalue weighted by molar-refractivity contribution is 6.39. The number of hydrogen-bond donors (Lipinski definition) is 2. The first-order valence-electron chi connectivity index (χ1n) is 6.88. The molecule has 0 saturated carbocycles. The molecule has 0 aromatic heterocycles. The van der Waals surface area contributed by atoms with Crippen molar-refractivity contribution in [1.29, 1.82) is 0 Å². The van der Waals surface area contributed by atoms with Crippen LogP contribution in [0.3, 0.4) is 0 Å². The van der Waals surface area contributed by atoms with Crippen LogP contribution in [0.1, 0.15) is 18.4 Å². The fourth-order valence-corrected chi connectivity index (χ4v) is 2.45. The van der Waals surface area contributed by atoms with E-state index in [0.717, 1.165) is 18.4 Å². The summed E-state index contributed by atoms with van der Waals surface area (Å²) in [5, 5.41) is 11.8. The van der Waals surface area contributed by atoms with Gasteiger partial charge in [-0.25, -0.2) is 0 Å². The van der Waals surface area contributed by atoms with Crippen molar-refractivity contribution < 1.29 is 14.7 Å². The number of nitrogens with one attached hydrogen (secondary N) is 1. The van der Waals surface area contributed by atoms with Crippen LogP contribution < -0.4 is 5.32 Å². The molecule has 1 saturated heterocycles. The third-order valence-electron chi connectivity index (χ3n) is 3.53. The topological polar surface area (TPSA) is 69.6 Å². The van der Waals surface area contributed by atoms with Gasteiger partial charge in [0, 0.05) is 25.4 Å². The van der Waals surface area contributed by atoms with Crippen LogP contribution in [0.4, 0.5) is 5.69 Å². The molecule has 2 amide bonds. The van der Waals surface area contributed by atoms with Crippen molar-refractivity contribution in [3.05, 3.63) is 29.8 Å². The number of piperidine rings is 1. The molecule has 1 fully saturated rings. The minimum atomic E-state index is -0.616. The number of aryl methyl sites for hydroxylation is 1. The SMILES string of the molecule is Cc1cccc(NC(=O)C(=O)N2CCCC(CO)C2)c1. The Bertz CT molecular complexity index is 502. The maximum Gasteiger partial charge on any atom is 0.313 e. The number of hydrogen-bond acceptors (Lipinski definition) is 3. The van der Waals surface area contributed by atoms with Gasteiger partial charge in [-0.2, -0.15) is 0 Å². The summed E-state index contributed by atoms with van der Waals surface area (Å²) >= 11 is 0. The summed E-state index contributed by atoms with van der Waals surface area (Å²) in [4.78, 5) is 25.6. The molecule has 1 aliphatic heterocycles. The zero-order valence-electron chi connectivity index (χ0n) is 11.6. The van der Waals surface area contributed by atoms with Gasteiger partial charge in [0.1, 0.15) is 0 Å². The average molecular weight is 276 g/mol. The first-order chi connectivity index (χ1) is 9.60. The lowest BCUT2D eigenvalue weighted by Gasteiger charge is -2.31. The van der Waals surface area contributed by atoms with Gasteiger partial charge in [0.05, 0.1) is 0 Å². The van der Waals surface area contributed by atoms with E-state index in [9.17, 15) is 9.59 Å². The van der Waals surface area contributed by atoms with E-state index < -0.39 is 11.8 Å². The minimum Gasteiger partial charge on any atom is -0.396 e. The molecule has 1 aromatic rings. The number of amides is 2. The van der Waals surface area contributed by atoms with E-state index >= 15 is 0 Å². The second kappa shape index (κ2) is 6.52. The van der Waals surface area contributed by atoms with Crippen LogP contribution in [0.15, 0.2) is 24.3 Å². The van der Waals surface area contributed by atoms with Crippen LogP contribution >= 0.6 is 0 Å². The van der Waals surface area contributed by atoms with Crippen LogP contribution in [0.5, 0.6) is 0 Å². The number of aliphatic hydroxyl groups excluding tert-OH is 1. The Morgan fingerprint density at radius 3 is 2.95 bits per heavy atom. The van der Waals surface area contributed by atoms with E-state index in [1.165, 1.54) is 4.90 Å². The number of rotatable bonds is 2. The lowest BCUT2D eigenvalue weighted by atomic mass is 9.99. The van der Waals surface area contributed by atoms with Crippen molar-refractivity contribution in [2.45, 2.75) is 19.8 Å². The van der Waals surface area contributed by atoms with Crippen LogP contribution in [-0.2, 0) is 9.59 Å². The molecule has 0 bridgehead atoms. The van der Waals surface area contributed by atoms with E-state index in [0.29, 0.717) is 18.8 Å². The number of carbonyl (C=O) groups excluding carboxylic acids is 2. The van der Waals surface area contributed by atoms with E-state index in [1.54, 1.807) is 6.07 Å². The van der Waals surface area contributed by atoms with Crippen molar-refractivity contribution >= 4 is 17.5 Å². The van der Waals surface area contributed by atoms with Crippen molar-refractivity contribution in [2.24, 2.45) is 5.92 Å². The Morgan fingerprint density at radius 1 is 1.45 bits per heavy atom. The second-order valence-electron chi connectivity index (χ2n) is 5.27. The summed E-state index contributed by atoms with van der Waals surface area (Å²) < 4.78 is 0. The Morgan fingerprint density at radius 2 is 2.25 bits per heavy atom. The summed E-state index contributed by atoms with van der Waals surface area (Å²) in [5.41, 5.74) is 1.65. The molecule has 1 aromatic carbocycles. The molecule has 0 spiro atoms. The number of likely N-dealkylation sites (tertiary alicyclic amines) is 1. The van der Waals surface area contributed by atoms with E-state index in [1.807, 2.05) is 25.1 Å². The molecule has 5 heteroatoms. The molecule has 1 heterocycles. The van der Waals surface area contributed by atoms with Gasteiger partial charge in [0.2, 0.25) is 0 Å². The van der Waals surface area contributed by atoms with E-state index in [2.05, 4.69) is 5.32 Å². The Kier molecular flexibility index (Phi) is 4.74. The third kappa shape index (κ3) is 3.57. The van der Waals surface area contributed by atoms with Gasteiger partial charge in [-0.15, -0.1) is 0 Å². The van der Waals surface area contributed by atoms with Gasteiger partial charge in [-0.05, 0) is 43.4 Å². The largest absolute Gasteiger partial charge is 0.396 e. The highest BCUT2D eigenvalue weighted by Gasteiger charge is 2.27. The predicted molar refractivity (Wildman–Crippen MR) is 76.2 cm³/mol. The number of benzene rings is 1. The molecule has 0 aliphatic carbocycles. The Balaban J connectivity index is 1.96. The predicted octanol–water partition coefficient (Wildman–Crippen LogP) is 1.16. The number of anilines is 1. The monoisotopic (exact) mass is 276 g/mol. The summed E-state index contributed by atoms with van der Waals surface area (Å²) in [5.74, 6) is -1.06. The van der Waals surface area contributed by atoms with E-state index in [4.69, 9.17) is 5.11 Å². The molecule has 1 unspecified atom stereocenters. The van der Waals surface area contributed by atoms with Crippen molar-refractivity contribution in [3.63, 3.8) is 0 Å². The highest BCUT2D eigenvalue weighted by Crippen LogP contribution is 2.16. The number of aliphatic hydroxyl groups is 1. The fraction of sp³-hybridized carbons (Fsp3) is 0.467. The molecule has 5 nitrogen and oxygen atoms in total. The third-order valence-corrected chi connectivity index (χ3v) is 3.53. The first kappa shape index (κ1) is 14.5. The van der Waals surface area contributed by atoms with Crippen LogP contribution in [0, 0.1) is 12.8 Å². The molecule has 0 radical (unpaired) electrons. The summed E-state index contributed by atoms with van der Waals surface area (Å²) in [6, 6.07) is 7.33. The summed E-state index contributed by atoms with van der Waals surface area (Å²) in [6.07, 6.45) is 1.73. The van der Waals surface area contributed by atoms with Crippen molar-refractivity contribution in [3.8, 4) is 0 Å². The lowest BCUT2D eigenvalue weighted by Crippen LogP contribution is -2.45. The first-order valence-corrected chi connectivity index (χ1v) is 6.88. The highest BCUT2D eigenvalue weighted by atomic mass is 16.3. The molecule has 20 heavy (non-hydrogen) atoms. The summed E-state index contributed by atoms with van der Waals surface area (Å²) in [7, 11) is 0. The molecule has 1 atom stereocenters. The zero-order chi connectivity index (χ0) is 14.5. The Hall–Kier alpha value is -1.88. The molecule has 2 rings (SSSR count). The zero-order valence-corrected chi connectivity index (χ0v) is 11.6. The lowest BCUT2D eigenvalue weighted by molar-refractivity contribution is -0.144. The molecular formula is C15H20N2O3. The summed E-state index contributed by atoms with van der Waals surface area (Å²) in [6.45, 7) is 3.02. The number of carbonyl (C=O) groups is 2. The molecule has 2 N–H and O–H groups in total. The molecule has 1 aliphatic rings. The quantitative estimate of drug-likeness (QED) is 0.797. The van der Waals surface area contributed by atoms with Crippen LogP contribution in [-0.4, -0.2) is 41.5 Å². The van der Waals surface area contributed by atoms with Crippen LogP contribution in [0.2, 0.25) is 0 Å². The standard InChI is InChI=1S/C15H20N2O3/c1-11-4-2-6-13(8-11)16-14(19)15(20)17-7-3-5-12(9-17)10-18/h2,4,6,8,12,18H,3,5,7,9-10H2,1H3,(H,16,19). The Labute approximate surface area is 118 Å².